The van der Waals surface area contributed by atoms with Gasteiger partial charge in [0.15, 0.2) is 0 Å². The molecule has 8 fully saturated rings. The first-order valence-electron chi connectivity index (χ1n) is 13.3. The Morgan fingerprint density at radius 3 is 1.33 bits per heavy atom. The van der Waals surface area contributed by atoms with Crippen molar-refractivity contribution in [2.24, 2.45) is 94.7 Å². The zero-order valence-electron chi connectivity index (χ0n) is 17.6. The number of hydrogen-bond donors (Lipinski definition) is 0. The monoisotopic (exact) mass is 364 g/mol. The maximum atomic E-state index is 2.52. The van der Waals surface area contributed by atoms with Crippen LogP contribution in [0.1, 0.15) is 71.6 Å². The third-order valence-corrected chi connectivity index (χ3v) is 13.4. The van der Waals surface area contributed by atoms with Crippen molar-refractivity contribution in [1.29, 1.82) is 0 Å². The molecular formula is C27H40. The minimum atomic E-state index is 1.12. The molecule has 8 aliphatic carbocycles. The van der Waals surface area contributed by atoms with Gasteiger partial charge >= 0.3 is 0 Å². The van der Waals surface area contributed by atoms with E-state index in [-0.39, 0.29) is 0 Å². The van der Waals surface area contributed by atoms with Crippen LogP contribution in [-0.2, 0) is 0 Å². The topological polar surface area (TPSA) is 0 Å². The first-order valence-corrected chi connectivity index (χ1v) is 13.3. The molecule has 8 aliphatic rings. The minimum absolute atomic E-state index is 1.12. The molecule has 0 heteroatoms. The Morgan fingerprint density at radius 2 is 0.852 bits per heavy atom. The first-order chi connectivity index (χ1) is 13.3. The zero-order chi connectivity index (χ0) is 17.6. The second-order valence-electron chi connectivity index (χ2n) is 13.0. The maximum Gasteiger partial charge on any atom is -0.0318 e. The van der Waals surface area contributed by atoms with Crippen LogP contribution >= 0.6 is 0 Å². The third-order valence-electron chi connectivity index (χ3n) is 13.4. The highest BCUT2D eigenvalue weighted by Gasteiger charge is 2.76. The summed E-state index contributed by atoms with van der Waals surface area (Å²) in [5.74, 6) is 19.2. The molecule has 0 spiro atoms. The molecule has 0 aromatic rings. The molecule has 0 aliphatic heterocycles. The molecule has 0 saturated heterocycles. The van der Waals surface area contributed by atoms with Gasteiger partial charge in [-0.15, -0.1) is 0 Å². The molecule has 0 aromatic heterocycles. The van der Waals surface area contributed by atoms with E-state index < -0.39 is 0 Å². The molecule has 0 heterocycles. The largest absolute Gasteiger partial charge is 0.0651 e. The fourth-order valence-electron chi connectivity index (χ4n) is 13.6. The van der Waals surface area contributed by atoms with Gasteiger partial charge in [0.2, 0.25) is 0 Å². The molecule has 0 aromatic carbocycles. The smallest absolute Gasteiger partial charge is 0.0318 e. The molecular weight excluding hydrogens is 324 g/mol. The van der Waals surface area contributed by atoms with Crippen molar-refractivity contribution in [2.75, 3.05) is 0 Å². The first kappa shape index (κ1) is 15.8. The van der Waals surface area contributed by atoms with Gasteiger partial charge in [0.25, 0.3) is 0 Å². The fourth-order valence-corrected chi connectivity index (χ4v) is 13.6. The van der Waals surface area contributed by atoms with Gasteiger partial charge in [-0.1, -0.05) is 33.1 Å². The van der Waals surface area contributed by atoms with E-state index >= 15 is 0 Å². The van der Waals surface area contributed by atoms with E-state index in [1.165, 1.54) is 95.7 Å². The molecule has 8 saturated carbocycles. The van der Waals surface area contributed by atoms with Gasteiger partial charge < -0.3 is 0 Å². The van der Waals surface area contributed by atoms with E-state index in [9.17, 15) is 0 Å². The van der Waals surface area contributed by atoms with Crippen molar-refractivity contribution in [3.05, 3.63) is 0 Å². The van der Waals surface area contributed by atoms with Crippen LogP contribution in [-0.4, -0.2) is 0 Å². The van der Waals surface area contributed by atoms with Gasteiger partial charge in [0.05, 0.1) is 0 Å². The highest BCUT2D eigenvalue weighted by Crippen LogP contribution is 2.82. The number of rotatable bonds is 2. The summed E-state index contributed by atoms with van der Waals surface area (Å²) in [6.07, 6.45) is 14.6. The summed E-state index contributed by atoms with van der Waals surface area (Å²) < 4.78 is 0. The SMILES string of the molecule is CCC1CC(CC)C2C3CC(C12)C1C2CC(C4C5CC(C6CCCC65)C24)C31. The Labute approximate surface area is 166 Å². The highest BCUT2D eigenvalue weighted by molar-refractivity contribution is 5.24. The summed E-state index contributed by atoms with van der Waals surface area (Å²) in [5.41, 5.74) is 0. The van der Waals surface area contributed by atoms with Crippen molar-refractivity contribution in [2.45, 2.75) is 71.6 Å². The molecule has 6 bridgehead atoms. The molecule has 0 N–H and O–H groups in total. The summed E-state index contributed by atoms with van der Waals surface area (Å²) in [5, 5.41) is 0. The minimum Gasteiger partial charge on any atom is -0.0651 e. The lowest BCUT2D eigenvalue weighted by Crippen LogP contribution is -2.47. The van der Waals surface area contributed by atoms with Crippen molar-refractivity contribution in [3.63, 3.8) is 0 Å². The van der Waals surface area contributed by atoms with Crippen LogP contribution in [0.2, 0.25) is 0 Å². The molecule has 27 heavy (non-hydrogen) atoms. The molecule has 0 nitrogen and oxygen atoms in total. The molecule has 16 atom stereocenters. The Bertz CT molecular complexity index is 613. The van der Waals surface area contributed by atoms with Crippen LogP contribution in [0.3, 0.4) is 0 Å². The van der Waals surface area contributed by atoms with E-state index in [4.69, 9.17) is 0 Å². The van der Waals surface area contributed by atoms with Crippen LogP contribution in [0.15, 0.2) is 0 Å². The third kappa shape index (κ3) is 1.56. The molecule has 0 amide bonds. The average Bonchev–Trinajstić information content (AvgIpc) is 3.50. The van der Waals surface area contributed by atoms with E-state index in [0.29, 0.717) is 0 Å². The molecule has 0 radical (unpaired) electrons. The van der Waals surface area contributed by atoms with Gasteiger partial charge in [0.1, 0.15) is 0 Å². The summed E-state index contributed by atoms with van der Waals surface area (Å²) >= 11 is 0. The standard InChI is InChI=1S/C27H40/c1-3-12-8-13(4-2)23-19-10-18(22(12)23)26-20-11-21(27(19)26)25-17-9-16(24(20)25)14-6-5-7-15(14)17/h12-27H,3-11H2,1-2H3. The summed E-state index contributed by atoms with van der Waals surface area (Å²) in [6, 6.07) is 0. The lowest BCUT2D eigenvalue weighted by molar-refractivity contribution is -0.0407. The lowest BCUT2D eigenvalue weighted by Gasteiger charge is -2.51. The number of fused-ring (bicyclic) bond motifs is 22. The van der Waals surface area contributed by atoms with Crippen LogP contribution in [0.25, 0.3) is 0 Å². The Morgan fingerprint density at radius 1 is 0.444 bits per heavy atom. The Balaban J connectivity index is 1.18. The van der Waals surface area contributed by atoms with Crippen molar-refractivity contribution in [3.8, 4) is 0 Å². The highest BCUT2D eigenvalue weighted by atomic mass is 14.8. The van der Waals surface area contributed by atoms with Gasteiger partial charge in [-0.2, -0.15) is 0 Å². The van der Waals surface area contributed by atoms with Gasteiger partial charge in [-0.25, -0.2) is 0 Å². The second kappa shape index (κ2) is 5.00. The van der Waals surface area contributed by atoms with E-state index in [2.05, 4.69) is 13.8 Å². The normalized spacial score (nSPS) is 71.3. The molecule has 16 unspecified atom stereocenters. The van der Waals surface area contributed by atoms with Crippen LogP contribution in [0.5, 0.6) is 0 Å². The number of hydrogen-bond acceptors (Lipinski definition) is 0. The van der Waals surface area contributed by atoms with Gasteiger partial charge in [-0.3, -0.25) is 0 Å². The summed E-state index contributed by atoms with van der Waals surface area (Å²) in [7, 11) is 0. The van der Waals surface area contributed by atoms with Gasteiger partial charge in [-0.05, 0) is 133 Å². The summed E-state index contributed by atoms with van der Waals surface area (Å²) in [6.45, 7) is 5.05. The van der Waals surface area contributed by atoms with E-state index in [1.54, 1.807) is 44.9 Å². The lowest BCUT2D eigenvalue weighted by atomic mass is 9.54. The fraction of sp³-hybridized carbons (Fsp3) is 1.00. The van der Waals surface area contributed by atoms with Crippen molar-refractivity contribution >= 4 is 0 Å². The Hall–Kier alpha value is 0. The van der Waals surface area contributed by atoms with Crippen LogP contribution < -0.4 is 0 Å². The summed E-state index contributed by atoms with van der Waals surface area (Å²) in [4.78, 5) is 0. The van der Waals surface area contributed by atoms with E-state index in [1.807, 2.05) is 0 Å². The Kier molecular flexibility index (Phi) is 2.92. The average molecular weight is 365 g/mol. The van der Waals surface area contributed by atoms with Gasteiger partial charge in [0, 0.05) is 0 Å². The molecule has 8 rings (SSSR count). The predicted octanol–water partition coefficient (Wildman–Crippen LogP) is 6.51. The van der Waals surface area contributed by atoms with Crippen molar-refractivity contribution in [1.82, 2.24) is 0 Å². The quantitative estimate of drug-likeness (QED) is 0.490. The van der Waals surface area contributed by atoms with Crippen molar-refractivity contribution < 1.29 is 0 Å². The predicted molar refractivity (Wildman–Crippen MR) is 109 cm³/mol. The van der Waals surface area contributed by atoms with E-state index in [0.717, 1.165) is 11.8 Å². The van der Waals surface area contributed by atoms with Crippen LogP contribution in [0.4, 0.5) is 0 Å². The zero-order valence-corrected chi connectivity index (χ0v) is 17.6. The maximum absolute atomic E-state index is 2.52. The molecule has 148 valence electrons. The second-order valence-corrected chi connectivity index (χ2v) is 13.0. The van der Waals surface area contributed by atoms with Crippen LogP contribution in [0, 0.1) is 94.7 Å².